The highest BCUT2D eigenvalue weighted by atomic mass is 31.2. The van der Waals surface area contributed by atoms with Crippen molar-refractivity contribution in [2.24, 2.45) is 0 Å². The lowest BCUT2D eigenvalue weighted by molar-refractivity contribution is -0.115. The number of rotatable bonds is 6. The van der Waals surface area contributed by atoms with Crippen LogP contribution >= 0.6 is 7.57 Å². The third-order valence-electron chi connectivity index (χ3n) is 1.71. The maximum Gasteiger partial charge on any atom is 0.428 e. The number of alkyl halides is 6. The number of halogens is 6. The molecule has 0 amide bonds. The van der Waals surface area contributed by atoms with E-state index in [0.717, 1.165) is 0 Å². The summed E-state index contributed by atoms with van der Waals surface area (Å²) in [6.45, 7) is 2.59. The summed E-state index contributed by atoms with van der Waals surface area (Å²) < 4.78 is 90.1. The topological polar surface area (TPSA) is 27.7 Å². The molecule has 0 saturated heterocycles. The van der Waals surface area contributed by atoms with Gasteiger partial charge in [-0.3, -0.25) is 0 Å². The Morgan fingerprint density at radius 1 is 0.737 bits per heavy atom. The van der Waals surface area contributed by atoms with Crippen molar-refractivity contribution in [2.75, 3.05) is 19.8 Å². The molecule has 0 rings (SSSR count). The fourth-order valence-electron chi connectivity index (χ4n) is 1.29. The second-order valence-electron chi connectivity index (χ2n) is 3.09. The molecule has 0 saturated carbocycles. The van der Waals surface area contributed by atoms with Crippen LogP contribution in [0.1, 0.15) is 20.8 Å². The Balaban J connectivity index is 6.25. The first kappa shape index (κ1) is 18.8. The smallest absolute Gasteiger partial charge is 0.317 e. The first-order valence-electron chi connectivity index (χ1n) is 5.39. The maximum atomic E-state index is 12.7. The third kappa shape index (κ3) is 4.98. The molecule has 0 radical (unpaired) electrons. The van der Waals surface area contributed by atoms with Crippen LogP contribution in [0, 0.1) is 0 Å². The van der Waals surface area contributed by atoms with Gasteiger partial charge >= 0.3 is 12.4 Å². The van der Waals surface area contributed by atoms with E-state index in [1.807, 2.05) is 0 Å². The van der Waals surface area contributed by atoms with E-state index >= 15 is 0 Å². The molecule has 0 aromatic carbocycles. The van der Waals surface area contributed by atoms with Gasteiger partial charge in [0.2, 0.25) is 5.29 Å². The molecule has 0 heterocycles. The Morgan fingerprint density at radius 3 is 1.16 bits per heavy atom. The predicted molar refractivity (Wildman–Crippen MR) is 58.9 cm³/mol. The standard InChI is InChI=1S/C9H15F6O3P/c1-4-16-19(17-5-2,18-6-3)7(8(10,11)12)9(13,14)15/h4-6H2,1-3H3. The van der Waals surface area contributed by atoms with Gasteiger partial charge in [-0.1, -0.05) is 0 Å². The summed E-state index contributed by atoms with van der Waals surface area (Å²) in [6, 6.07) is 0. The summed E-state index contributed by atoms with van der Waals surface area (Å²) in [5.74, 6) is 0. The molecule has 0 aliphatic heterocycles. The van der Waals surface area contributed by atoms with Crippen molar-refractivity contribution >= 4 is 12.9 Å². The van der Waals surface area contributed by atoms with Crippen molar-refractivity contribution in [1.82, 2.24) is 0 Å². The maximum absolute atomic E-state index is 12.7. The van der Waals surface area contributed by atoms with E-state index in [2.05, 4.69) is 13.6 Å². The average Bonchev–Trinajstić information content (AvgIpc) is 2.13. The molecule has 0 spiro atoms. The van der Waals surface area contributed by atoms with Crippen LogP contribution in [0.15, 0.2) is 0 Å². The normalized spacial score (nSPS) is 13.7. The second kappa shape index (κ2) is 6.97. The second-order valence-corrected chi connectivity index (χ2v) is 5.31. The van der Waals surface area contributed by atoms with Gasteiger partial charge in [0.15, 0.2) is 0 Å². The fraction of sp³-hybridized carbons (Fsp3) is 0.889. The zero-order chi connectivity index (χ0) is 15.3. The van der Waals surface area contributed by atoms with E-state index in [4.69, 9.17) is 0 Å². The fourth-order valence-corrected chi connectivity index (χ4v) is 3.54. The summed E-state index contributed by atoms with van der Waals surface area (Å²) in [6.07, 6.45) is -11.3. The molecule has 19 heavy (non-hydrogen) atoms. The number of hydrogen-bond acceptors (Lipinski definition) is 3. The van der Waals surface area contributed by atoms with Crippen LogP contribution < -0.4 is 0 Å². The van der Waals surface area contributed by atoms with Gasteiger partial charge < -0.3 is 13.6 Å². The van der Waals surface area contributed by atoms with Gasteiger partial charge in [0, 0.05) is 0 Å². The van der Waals surface area contributed by atoms with Crippen LogP contribution in [0.5, 0.6) is 0 Å². The molecule has 116 valence electrons. The molecule has 0 aromatic heterocycles. The lowest BCUT2D eigenvalue weighted by Gasteiger charge is -2.29. The van der Waals surface area contributed by atoms with Crippen molar-refractivity contribution in [3.05, 3.63) is 0 Å². The minimum absolute atomic E-state index is 0.399. The highest BCUT2D eigenvalue weighted by molar-refractivity contribution is 7.63. The zero-order valence-corrected chi connectivity index (χ0v) is 11.5. The van der Waals surface area contributed by atoms with Crippen LogP contribution in [0.25, 0.3) is 0 Å². The van der Waals surface area contributed by atoms with E-state index in [1.54, 1.807) is 0 Å². The molecule has 0 aliphatic carbocycles. The lowest BCUT2D eigenvalue weighted by atomic mass is 10.4. The molecule has 0 aliphatic rings. The first-order chi connectivity index (χ1) is 8.55. The number of hydrogen-bond donors (Lipinski definition) is 0. The van der Waals surface area contributed by atoms with Gasteiger partial charge in [-0.2, -0.15) is 26.3 Å². The highest BCUT2D eigenvalue weighted by Gasteiger charge is 2.58. The van der Waals surface area contributed by atoms with Gasteiger partial charge in [-0.05, 0) is 20.8 Å². The minimum Gasteiger partial charge on any atom is -0.317 e. The first-order valence-corrected chi connectivity index (χ1v) is 6.94. The monoisotopic (exact) mass is 316 g/mol. The molecule has 0 atom stereocenters. The van der Waals surface area contributed by atoms with Gasteiger partial charge in [0.05, 0.1) is 19.8 Å². The largest absolute Gasteiger partial charge is 0.428 e. The summed E-state index contributed by atoms with van der Waals surface area (Å²) in [7, 11) is -4.68. The van der Waals surface area contributed by atoms with E-state index in [1.165, 1.54) is 20.8 Å². The molecule has 0 aromatic rings. The van der Waals surface area contributed by atoms with Crippen LogP contribution in [-0.2, 0) is 13.6 Å². The Hall–Kier alpha value is -0.240. The Labute approximate surface area is 107 Å². The predicted octanol–water partition coefficient (Wildman–Crippen LogP) is 4.16. The highest BCUT2D eigenvalue weighted by Crippen LogP contribution is 2.58. The van der Waals surface area contributed by atoms with Gasteiger partial charge in [0.1, 0.15) is 0 Å². The molecular weight excluding hydrogens is 301 g/mol. The van der Waals surface area contributed by atoms with Crippen molar-refractivity contribution < 1.29 is 39.9 Å². The Kier molecular flexibility index (Phi) is 6.88. The van der Waals surface area contributed by atoms with Crippen LogP contribution in [0.3, 0.4) is 0 Å². The quantitative estimate of drug-likeness (QED) is 0.544. The van der Waals surface area contributed by atoms with E-state index in [0.29, 0.717) is 0 Å². The van der Waals surface area contributed by atoms with Crippen LogP contribution in [0.2, 0.25) is 0 Å². The molecular formula is C9H15F6O3P. The molecule has 0 fully saturated rings. The molecule has 0 unspecified atom stereocenters. The Morgan fingerprint density at radius 2 is 1.00 bits per heavy atom. The van der Waals surface area contributed by atoms with Crippen LogP contribution in [0.4, 0.5) is 26.3 Å². The SMILES string of the molecule is CCOP(OCC)(OCC)=C(C(F)(F)F)C(F)(F)F. The Bertz CT molecular complexity index is 296. The van der Waals surface area contributed by atoms with Gasteiger partial charge in [0.25, 0.3) is 7.57 Å². The summed E-state index contributed by atoms with van der Waals surface area (Å²) in [5.41, 5.74) is 0. The summed E-state index contributed by atoms with van der Waals surface area (Å²) in [4.78, 5) is 0. The van der Waals surface area contributed by atoms with E-state index in [-0.39, 0.29) is 0 Å². The van der Waals surface area contributed by atoms with Crippen molar-refractivity contribution in [2.45, 2.75) is 33.1 Å². The molecule has 10 heteroatoms. The summed E-state index contributed by atoms with van der Waals surface area (Å²) >= 11 is 0. The molecule has 0 N–H and O–H groups in total. The van der Waals surface area contributed by atoms with Crippen molar-refractivity contribution in [3.63, 3.8) is 0 Å². The van der Waals surface area contributed by atoms with Gasteiger partial charge in [-0.15, -0.1) is 0 Å². The molecule has 0 bridgehead atoms. The van der Waals surface area contributed by atoms with Crippen LogP contribution in [-0.4, -0.2) is 37.5 Å². The minimum atomic E-state index is -5.65. The molecule has 3 nitrogen and oxygen atoms in total. The third-order valence-corrected chi connectivity index (χ3v) is 4.56. The van der Waals surface area contributed by atoms with Gasteiger partial charge in [-0.25, -0.2) is 0 Å². The van der Waals surface area contributed by atoms with E-state index in [9.17, 15) is 26.3 Å². The van der Waals surface area contributed by atoms with Crippen molar-refractivity contribution in [1.29, 1.82) is 0 Å². The summed E-state index contributed by atoms with van der Waals surface area (Å²) in [5, 5.41) is -2.75. The lowest BCUT2D eigenvalue weighted by Crippen LogP contribution is -2.39. The van der Waals surface area contributed by atoms with E-state index < -0.39 is 45.0 Å². The zero-order valence-electron chi connectivity index (χ0n) is 10.6. The average molecular weight is 316 g/mol. The van der Waals surface area contributed by atoms with Crippen molar-refractivity contribution in [3.8, 4) is 0 Å².